The molecule has 2 heteroatoms. The lowest BCUT2D eigenvalue weighted by molar-refractivity contribution is 0.112. The number of aldehydes is 1. The highest BCUT2D eigenvalue weighted by Gasteiger charge is 2.10. The van der Waals surface area contributed by atoms with E-state index >= 15 is 0 Å². The van der Waals surface area contributed by atoms with E-state index in [1.165, 1.54) is 5.56 Å². The molecule has 2 rings (SSSR count). The molecule has 0 unspecified atom stereocenters. The number of carbonyl (C=O) groups is 1. The summed E-state index contributed by atoms with van der Waals surface area (Å²) in [5, 5.41) is 1.07. The van der Waals surface area contributed by atoms with Crippen molar-refractivity contribution in [3.05, 3.63) is 34.5 Å². The van der Waals surface area contributed by atoms with Gasteiger partial charge in [0.1, 0.15) is 0 Å². The lowest BCUT2D eigenvalue weighted by Gasteiger charge is -1.99. The molecule has 0 radical (unpaired) electrons. The Morgan fingerprint density at radius 1 is 1.14 bits per heavy atom. The van der Waals surface area contributed by atoms with Crippen LogP contribution in [0.4, 0.5) is 0 Å². The minimum absolute atomic E-state index is 0.793. The highest BCUT2D eigenvalue weighted by molar-refractivity contribution is 6.01. The summed E-state index contributed by atoms with van der Waals surface area (Å²) in [5.74, 6) is 0. The first-order valence-electron chi connectivity index (χ1n) is 4.69. The summed E-state index contributed by atoms with van der Waals surface area (Å²) in [4.78, 5) is 14.2. The molecule has 0 aliphatic heterocycles. The van der Waals surface area contributed by atoms with E-state index in [2.05, 4.69) is 17.1 Å². The van der Waals surface area contributed by atoms with Crippen LogP contribution in [-0.2, 0) is 0 Å². The molecule has 0 saturated carbocycles. The summed E-state index contributed by atoms with van der Waals surface area (Å²) in [7, 11) is 0. The van der Waals surface area contributed by atoms with Crippen LogP contribution in [0.25, 0.3) is 10.9 Å². The van der Waals surface area contributed by atoms with Gasteiger partial charge < -0.3 is 4.98 Å². The minimum atomic E-state index is 0.793. The molecule has 72 valence electrons. The molecule has 0 atom stereocenters. The average molecular weight is 187 g/mol. The second-order valence-corrected chi connectivity index (χ2v) is 3.73. The van der Waals surface area contributed by atoms with E-state index in [-0.39, 0.29) is 0 Å². The minimum Gasteiger partial charge on any atom is -0.358 e. The lowest BCUT2D eigenvalue weighted by Crippen LogP contribution is -1.83. The molecule has 0 fully saturated rings. The van der Waals surface area contributed by atoms with Gasteiger partial charge in [0.05, 0.1) is 0 Å². The van der Waals surface area contributed by atoms with Gasteiger partial charge in [0, 0.05) is 22.2 Å². The highest BCUT2D eigenvalue weighted by Crippen LogP contribution is 2.26. The molecule has 0 bridgehead atoms. The molecule has 1 aromatic heterocycles. The van der Waals surface area contributed by atoms with E-state index in [0.717, 1.165) is 34.0 Å². The first-order valence-corrected chi connectivity index (χ1v) is 4.69. The van der Waals surface area contributed by atoms with E-state index in [4.69, 9.17) is 0 Å². The van der Waals surface area contributed by atoms with Crippen molar-refractivity contribution in [2.45, 2.75) is 20.8 Å². The van der Waals surface area contributed by atoms with Gasteiger partial charge in [-0.2, -0.15) is 0 Å². The maximum Gasteiger partial charge on any atom is 0.152 e. The van der Waals surface area contributed by atoms with Crippen LogP contribution >= 0.6 is 0 Å². The molecule has 0 saturated heterocycles. The normalized spacial score (nSPS) is 10.8. The van der Waals surface area contributed by atoms with E-state index in [0.29, 0.717) is 0 Å². The zero-order chi connectivity index (χ0) is 10.3. The summed E-state index contributed by atoms with van der Waals surface area (Å²) in [6.45, 7) is 6.01. The quantitative estimate of drug-likeness (QED) is 0.684. The van der Waals surface area contributed by atoms with Crippen molar-refractivity contribution in [1.29, 1.82) is 0 Å². The van der Waals surface area contributed by atoms with Crippen molar-refractivity contribution in [2.75, 3.05) is 0 Å². The van der Waals surface area contributed by atoms with E-state index < -0.39 is 0 Å². The Morgan fingerprint density at radius 2 is 1.79 bits per heavy atom. The van der Waals surface area contributed by atoms with Gasteiger partial charge in [0.2, 0.25) is 0 Å². The van der Waals surface area contributed by atoms with Gasteiger partial charge in [-0.3, -0.25) is 4.79 Å². The van der Waals surface area contributed by atoms with Crippen LogP contribution in [0.2, 0.25) is 0 Å². The van der Waals surface area contributed by atoms with Gasteiger partial charge in [-0.25, -0.2) is 0 Å². The molecule has 1 heterocycles. The predicted octanol–water partition coefficient (Wildman–Crippen LogP) is 2.91. The molecule has 14 heavy (non-hydrogen) atoms. The van der Waals surface area contributed by atoms with Crippen LogP contribution in [0.1, 0.15) is 27.2 Å². The average Bonchev–Trinajstić information content (AvgIpc) is 2.50. The largest absolute Gasteiger partial charge is 0.358 e. The SMILES string of the molecule is Cc1[nH]c2c(C)ccc(C)c2c1C=O. The second kappa shape index (κ2) is 2.98. The fourth-order valence-corrected chi connectivity index (χ4v) is 1.91. The number of carbonyl (C=O) groups excluding carboxylic acids is 1. The fraction of sp³-hybridized carbons (Fsp3) is 0.250. The van der Waals surface area contributed by atoms with Crippen molar-refractivity contribution in [3.8, 4) is 0 Å². The van der Waals surface area contributed by atoms with Crippen molar-refractivity contribution in [1.82, 2.24) is 4.98 Å². The monoisotopic (exact) mass is 187 g/mol. The van der Waals surface area contributed by atoms with Crippen LogP contribution in [-0.4, -0.2) is 11.3 Å². The van der Waals surface area contributed by atoms with E-state index in [1.54, 1.807) is 0 Å². The summed E-state index contributed by atoms with van der Waals surface area (Å²) >= 11 is 0. The standard InChI is InChI=1S/C12H13NO/c1-7-4-5-8(2)12-11(7)10(6-14)9(3)13-12/h4-6,13H,1-3H3. The molecule has 1 aromatic carbocycles. The summed E-state index contributed by atoms with van der Waals surface area (Å²) in [6, 6.07) is 4.13. The molecule has 2 nitrogen and oxygen atoms in total. The van der Waals surface area contributed by atoms with Crippen LogP contribution in [0.3, 0.4) is 0 Å². The highest BCUT2D eigenvalue weighted by atomic mass is 16.1. The van der Waals surface area contributed by atoms with Crippen LogP contribution in [0.5, 0.6) is 0 Å². The molecular weight excluding hydrogens is 174 g/mol. The van der Waals surface area contributed by atoms with Crippen molar-refractivity contribution in [3.63, 3.8) is 0 Å². The Labute approximate surface area is 82.9 Å². The van der Waals surface area contributed by atoms with Crippen molar-refractivity contribution in [2.24, 2.45) is 0 Å². The maximum atomic E-state index is 10.9. The zero-order valence-electron chi connectivity index (χ0n) is 8.64. The number of rotatable bonds is 1. The number of nitrogens with one attached hydrogen (secondary N) is 1. The number of fused-ring (bicyclic) bond motifs is 1. The Bertz CT molecular complexity index is 509. The van der Waals surface area contributed by atoms with Gasteiger partial charge in [-0.15, -0.1) is 0 Å². The number of H-pyrrole nitrogens is 1. The van der Waals surface area contributed by atoms with Gasteiger partial charge >= 0.3 is 0 Å². The maximum absolute atomic E-state index is 10.9. The third kappa shape index (κ3) is 1.07. The number of benzene rings is 1. The third-order valence-electron chi connectivity index (χ3n) is 2.73. The number of hydrogen-bond donors (Lipinski definition) is 1. The zero-order valence-corrected chi connectivity index (χ0v) is 8.64. The molecule has 0 spiro atoms. The first kappa shape index (κ1) is 9.00. The van der Waals surface area contributed by atoms with Crippen LogP contribution in [0, 0.1) is 20.8 Å². The molecule has 1 N–H and O–H groups in total. The summed E-state index contributed by atoms with van der Waals surface area (Å²) in [5.41, 5.74) is 5.16. The molecular formula is C12H13NO. The topological polar surface area (TPSA) is 32.9 Å². The Hall–Kier alpha value is -1.57. The molecule has 2 aromatic rings. The van der Waals surface area contributed by atoms with Crippen LogP contribution in [0.15, 0.2) is 12.1 Å². The van der Waals surface area contributed by atoms with Gasteiger partial charge in [-0.05, 0) is 31.9 Å². The van der Waals surface area contributed by atoms with Gasteiger partial charge in [0.25, 0.3) is 0 Å². The molecule has 0 amide bonds. The number of aromatic amines is 1. The van der Waals surface area contributed by atoms with Gasteiger partial charge in [-0.1, -0.05) is 12.1 Å². The summed E-state index contributed by atoms with van der Waals surface area (Å²) < 4.78 is 0. The predicted molar refractivity (Wildman–Crippen MR) is 57.9 cm³/mol. The Kier molecular flexibility index (Phi) is 1.92. The van der Waals surface area contributed by atoms with Crippen molar-refractivity contribution < 1.29 is 4.79 Å². The van der Waals surface area contributed by atoms with Crippen molar-refractivity contribution >= 4 is 17.2 Å². The second-order valence-electron chi connectivity index (χ2n) is 3.73. The first-order chi connectivity index (χ1) is 6.65. The van der Waals surface area contributed by atoms with Gasteiger partial charge in [0.15, 0.2) is 6.29 Å². The third-order valence-corrected chi connectivity index (χ3v) is 2.73. The Morgan fingerprint density at radius 3 is 2.43 bits per heavy atom. The fourth-order valence-electron chi connectivity index (χ4n) is 1.91. The number of aryl methyl sites for hydroxylation is 3. The van der Waals surface area contributed by atoms with E-state index in [9.17, 15) is 4.79 Å². The lowest BCUT2D eigenvalue weighted by atomic mass is 10.0. The summed E-state index contributed by atoms with van der Waals surface area (Å²) in [6.07, 6.45) is 0.931. The Balaban J connectivity index is 3.00. The molecule has 0 aliphatic carbocycles. The molecule has 0 aliphatic rings. The number of aromatic nitrogens is 1. The van der Waals surface area contributed by atoms with Crippen LogP contribution < -0.4 is 0 Å². The van der Waals surface area contributed by atoms with E-state index in [1.807, 2.05) is 20.8 Å². The number of hydrogen-bond acceptors (Lipinski definition) is 1. The smallest absolute Gasteiger partial charge is 0.152 e.